The van der Waals surface area contributed by atoms with Crippen LogP contribution in [0.15, 0.2) is 53.3 Å². The fourth-order valence-electron chi connectivity index (χ4n) is 6.89. The molecule has 3 aromatic carbocycles. The lowest BCUT2D eigenvalue weighted by atomic mass is 9.95. The summed E-state index contributed by atoms with van der Waals surface area (Å²) in [7, 11) is 4.63. The molecule has 2 aliphatic heterocycles. The van der Waals surface area contributed by atoms with Crippen molar-refractivity contribution in [3.8, 4) is 39.9 Å². The molecule has 1 fully saturated rings. The van der Waals surface area contributed by atoms with Gasteiger partial charge < -0.3 is 44.1 Å². The monoisotopic (exact) mass is 686 g/mol. The third kappa shape index (κ3) is 6.72. The van der Waals surface area contributed by atoms with Crippen molar-refractivity contribution in [2.45, 2.75) is 44.9 Å². The molecule has 50 heavy (non-hydrogen) atoms. The highest BCUT2D eigenvalue weighted by Gasteiger charge is 2.35. The van der Waals surface area contributed by atoms with Gasteiger partial charge >= 0.3 is 0 Å². The maximum Gasteiger partial charge on any atom is 0.267 e. The van der Waals surface area contributed by atoms with Crippen molar-refractivity contribution in [1.82, 2.24) is 15.1 Å². The lowest BCUT2D eigenvalue weighted by molar-refractivity contribution is -0.146. The van der Waals surface area contributed by atoms with Gasteiger partial charge in [0.25, 0.3) is 5.91 Å². The second-order valence-electron chi connectivity index (χ2n) is 12.5. The standard InChI is InChI=1S/C37H42N4O9/c1-21(36(44)40-14-16-41(17-15-40)37(45)32-20-49-29-8-6-7-9-30(29)50-32)38-27-13-11-24-25(19-28(27)43)26(39-22(2)42)12-10-23-18-31(46-3)34(47-4)35(48-5)33(23)24/h6-9,11,13,18-19,21,26,32H,10,12,14-17,20H2,1-5H3,(H,38,43)(H,39,42)/t21-,26-,32?/m0/s1. The average Bonchev–Trinajstić information content (AvgIpc) is 3.37. The number of carbonyl (C=O) groups is 3. The van der Waals surface area contributed by atoms with E-state index in [1.165, 1.54) is 20.1 Å². The van der Waals surface area contributed by atoms with Crippen LogP contribution < -0.4 is 39.7 Å². The molecule has 1 unspecified atom stereocenters. The lowest BCUT2D eigenvalue weighted by Gasteiger charge is -2.38. The molecule has 13 heteroatoms. The molecule has 13 nitrogen and oxygen atoms in total. The van der Waals surface area contributed by atoms with E-state index < -0.39 is 18.2 Å². The predicted octanol–water partition coefficient (Wildman–Crippen LogP) is 3.17. The molecule has 0 spiro atoms. The van der Waals surface area contributed by atoms with Gasteiger partial charge in [0.15, 0.2) is 23.0 Å². The van der Waals surface area contributed by atoms with E-state index in [2.05, 4.69) is 10.6 Å². The predicted molar refractivity (Wildman–Crippen MR) is 185 cm³/mol. The topological polar surface area (TPSA) is 145 Å². The smallest absolute Gasteiger partial charge is 0.267 e. The molecule has 2 N–H and O–H groups in total. The van der Waals surface area contributed by atoms with Crippen LogP contribution in [-0.2, 0) is 20.8 Å². The Balaban J connectivity index is 1.21. The van der Waals surface area contributed by atoms with Crippen molar-refractivity contribution >= 4 is 23.4 Å². The van der Waals surface area contributed by atoms with Crippen LogP contribution in [0, 0.1) is 0 Å². The zero-order chi connectivity index (χ0) is 35.5. The Kier molecular flexibility index (Phi) is 10.0. The maximum atomic E-state index is 13.8. The number of benzene rings is 2. The molecule has 264 valence electrons. The van der Waals surface area contributed by atoms with Crippen LogP contribution in [0.5, 0.6) is 28.7 Å². The first-order valence-electron chi connectivity index (χ1n) is 16.6. The van der Waals surface area contributed by atoms with Crippen LogP contribution in [0.25, 0.3) is 11.1 Å². The SMILES string of the molecule is COc1cc2c(c(OC)c1OC)-c1ccc(N[C@@H](C)C(=O)N3CCN(C(=O)C4COc5ccccc5O4)CC3)c(=O)cc1[C@@H](NC(C)=O)CC2. The van der Waals surface area contributed by atoms with Gasteiger partial charge in [0.2, 0.25) is 29.1 Å². The third-order valence-electron chi connectivity index (χ3n) is 9.35. The molecule has 3 atom stereocenters. The van der Waals surface area contributed by atoms with Crippen LogP contribution >= 0.6 is 0 Å². The molecule has 0 radical (unpaired) electrons. The summed E-state index contributed by atoms with van der Waals surface area (Å²) in [4.78, 5) is 56.2. The van der Waals surface area contributed by atoms with Crippen LogP contribution in [0.3, 0.4) is 0 Å². The van der Waals surface area contributed by atoms with Gasteiger partial charge in [-0.2, -0.15) is 0 Å². The van der Waals surface area contributed by atoms with E-state index in [9.17, 15) is 19.2 Å². The van der Waals surface area contributed by atoms with Gasteiger partial charge in [0, 0.05) is 38.7 Å². The highest BCUT2D eigenvalue weighted by molar-refractivity contribution is 5.87. The fraction of sp³-hybridized carbons (Fsp3) is 0.405. The zero-order valence-electron chi connectivity index (χ0n) is 28.9. The van der Waals surface area contributed by atoms with Gasteiger partial charge in [0.1, 0.15) is 12.6 Å². The summed E-state index contributed by atoms with van der Waals surface area (Å²) >= 11 is 0. The Morgan fingerprint density at radius 2 is 1.60 bits per heavy atom. The number of anilines is 1. The number of amides is 3. The number of aryl methyl sites for hydroxylation is 1. The molecule has 0 aromatic heterocycles. The summed E-state index contributed by atoms with van der Waals surface area (Å²) in [6.45, 7) is 4.63. The minimum absolute atomic E-state index is 0.122. The number of nitrogens with zero attached hydrogens (tertiary/aromatic N) is 2. The Labute approximate surface area is 290 Å². The lowest BCUT2D eigenvalue weighted by Crippen LogP contribution is -2.56. The second-order valence-corrected chi connectivity index (χ2v) is 12.5. The number of nitrogens with one attached hydrogen (secondary N) is 2. The zero-order valence-corrected chi connectivity index (χ0v) is 28.9. The molecular formula is C37H42N4O9. The number of carbonyl (C=O) groups excluding carboxylic acids is 3. The normalized spacial score (nSPS) is 18.4. The summed E-state index contributed by atoms with van der Waals surface area (Å²) in [6.07, 6.45) is 0.354. The van der Waals surface area contributed by atoms with Crippen molar-refractivity contribution in [2.24, 2.45) is 0 Å². The Morgan fingerprint density at radius 3 is 2.28 bits per heavy atom. The van der Waals surface area contributed by atoms with Crippen molar-refractivity contribution in [2.75, 3.05) is 59.4 Å². The first-order valence-corrected chi connectivity index (χ1v) is 16.6. The average molecular weight is 687 g/mol. The molecule has 1 aliphatic carbocycles. The van der Waals surface area contributed by atoms with Gasteiger partial charge in [-0.05, 0) is 66.8 Å². The molecule has 0 bridgehead atoms. The van der Waals surface area contributed by atoms with E-state index in [4.69, 9.17) is 23.7 Å². The number of hydrogen-bond acceptors (Lipinski definition) is 10. The quantitative estimate of drug-likeness (QED) is 0.363. The summed E-state index contributed by atoms with van der Waals surface area (Å²) in [5, 5.41) is 6.13. The largest absolute Gasteiger partial charge is 0.493 e. The number of ether oxygens (including phenoxy) is 5. The Morgan fingerprint density at radius 1 is 0.900 bits per heavy atom. The number of methoxy groups -OCH3 is 3. The molecule has 3 aliphatic rings. The minimum Gasteiger partial charge on any atom is -0.493 e. The van der Waals surface area contributed by atoms with Gasteiger partial charge in [0.05, 0.1) is 33.1 Å². The Hall–Kier alpha value is -5.46. The highest BCUT2D eigenvalue weighted by Crippen LogP contribution is 2.50. The second kappa shape index (κ2) is 14.6. The van der Waals surface area contributed by atoms with Crippen LogP contribution in [-0.4, -0.2) is 93.8 Å². The van der Waals surface area contributed by atoms with Gasteiger partial charge in [-0.15, -0.1) is 0 Å². The van der Waals surface area contributed by atoms with Crippen LogP contribution in [0.2, 0.25) is 0 Å². The molecule has 1 saturated heterocycles. The summed E-state index contributed by atoms with van der Waals surface area (Å²) in [5.41, 5.74) is 2.85. The van der Waals surface area contributed by atoms with Crippen LogP contribution in [0.4, 0.5) is 5.69 Å². The number of piperazine rings is 1. The van der Waals surface area contributed by atoms with Gasteiger partial charge in [-0.3, -0.25) is 19.2 Å². The van der Waals surface area contributed by atoms with E-state index in [0.29, 0.717) is 78.9 Å². The third-order valence-corrected chi connectivity index (χ3v) is 9.35. The molecular weight excluding hydrogens is 644 g/mol. The highest BCUT2D eigenvalue weighted by atomic mass is 16.6. The molecule has 3 aromatic rings. The van der Waals surface area contributed by atoms with E-state index in [1.54, 1.807) is 49.1 Å². The number of hydrogen-bond donors (Lipinski definition) is 2. The molecule has 0 saturated carbocycles. The van der Waals surface area contributed by atoms with E-state index in [0.717, 1.165) is 11.1 Å². The van der Waals surface area contributed by atoms with Crippen molar-refractivity contribution in [1.29, 1.82) is 0 Å². The van der Waals surface area contributed by atoms with Gasteiger partial charge in [-0.25, -0.2) is 0 Å². The van der Waals surface area contributed by atoms with Crippen molar-refractivity contribution < 1.29 is 38.1 Å². The number of fused-ring (bicyclic) bond motifs is 4. The molecule has 2 heterocycles. The van der Waals surface area contributed by atoms with Crippen molar-refractivity contribution in [3.63, 3.8) is 0 Å². The van der Waals surface area contributed by atoms with E-state index >= 15 is 0 Å². The summed E-state index contributed by atoms with van der Waals surface area (Å²) < 4.78 is 28.7. The van der Waals surface area contributed by atoms with Crippen LogP contribution in [0.1, 0.15) is 37.4 Å². The summed E-state index contributed by atoms with van der Waals surface area (Å²) in [6, 6.07) is 12.9. The molecule has 3 amide bonds. The van der Waals surface area contributed by atoms with Crippen molar-refractivity contribution in [3.05, 3.63) is 69.9 Å². The van der Waals surface area contributed by atoms with E-state index in [-0.39, 0.29) is 35.4 Å². The molecule has 6 rings (SSSR count). The number of rotatable bonds is 8. The first-order chi connectivity index (χ1) is 24.1. The minimum atomic E-state index is -0.752. The summed E-state index contributed by atoms with van der Waals surface area (Å²) in [5.74, 6) is 1.90. The maximum absolute atomic E-state index is 13.8. The van der Waals surface area contributed by atoms with E-state index in [1.807, 2.05) is 24.3 Å². The first kappa shape index (κ1) is 34.4. The van der Waals surface area contributed by atoms with Gasteiger partial charge in [-0.1, -0.05) is 18.2 Å². The fourth-order valence-corrected chi connectivity index (χ4v) is 6.89. The Bertz CT molecular complexity index is 1860. The number of para-hydroxylation sites is 2.